The predicted octanol–water partition coefficient (Wildman–Crippen LogP) is 7.18. The van der Waals surface area contributed by atoms with Gasteiger partial charge in [-0.15, -0.1) is 0 Å². The molecule has 4 rings (SSSR count). The fraction of sp³-hybridized carbons (Fsp3) is 0.226. The Hall–Kier alpha value is -3.79. The number of carboxylic acids is 1. The lowest BCUT2D eigenvalue weighted by Gasteiger charge is -2.31. The van der Waals surface area contributed by atoms with Crippen LogP contribution in [0, 0.1) is 0 Å². The number of nitrogens with one attached hydrogen (secondary N) is 1. The molecule has 11 heteroatoms. The number of aliphatic carboxylic acids is 1. The maximum Gasteiger partial charge on any atom is 0.327 e. The van der Waals surface area contributed by atoms with E-state index in [0.717, 1.165) is 4.31 Å². The van der Waals surface area contributed by atoms with E-state index in [0.29, 0.717) is 40.6 Å². The fourth-order valence-corrected chi connectivity index (χ4v) is 7.19. The molecule has 42 heavy (non-hydrogen) atoms. The van der Waals surface area contributed by atoms with E-state index < -0.39 is 22.0 Å². The Kier molecular flexibility index (Phi) is 9.98. The molecule has 0 aromatic heterocycles. The molecule has 2 N–H and O–H groups in total. The van der Waals surface area contributed by atoms with Crippen LogP contribution in [-0.4, -0.2) is 38.6 Å². The molecule has 0 saturated carbocycles. The summed E-state index contributed by atoms with van der Waals surface area (Å²) < 4.78 is 34.6. The zero-order valence-electron chi connectivity index (χ0n) is 23.0. The van der Waals surface area contributed by atoms with Gasteiger partial charge in [0.2, 0.25) is 5.91 Å². The number of anilines is 2. The molecule has 0 aliphatic heterocycles. The average Bonchev–Trinajstić information content (AvgIpc) is 2.95. The number of halogens is 2. The van der Waals surface area contributed by atoms with Crippen molar-refractivity contribution in [3.8, 4) is 5.75 Å². The molecule has 8 nitrogen and oxygen atoms in total. The SMILES string of the molecule is CCCCC(C(=O)O)N(c1cccc2c(NC(=O)Cc3ccccc3OC)cccc12)S(=O)(=O)c1cc(Cl)cc(Cl)c1. The number of carbonyl (C=O) groups excluding carboxylic acids is 1. The summed E-state index contributed by atoms with van der Waals surface area (Å²) in [6.45, 7) is 1.90. The fourth-order valence-electron chi connectivity index (χ4n) is 4.81. The molecule has 0 bridgehead atoms. The van der Waals surface area contributed by atoms with Gasteiger partial charge in [0.15, 0.2) is 0 Å². The Balaban J connectivity index is 1.84. The van der Waals surface area contributed by atoms with Crippen LogP contribution in [0.4, 0.5) is 11.4 Å². The van der Waals surface area contributed by atoms with Gasteiger partial charge in [-0.05, 0) is 42.8 Å². The van der Waals surface area contributed by atoms with E-state index in [9.17, 15) is 23.1 Å². The minimum Gasteiger partial charge on any atom is -0.496 e. The zero-order valence-corrected chi connectivity index (χ0v) is 25.3. The molecular weight excluding hydrogens is 599 g/mol. The van der Waals surface area contributed by atoms with Crippen molar-refractivity contribution in [2.45, 2.75) is 43.5 Å². The van der Waals surface area contributed by atoms with Crippen LogP contribution in [0.5, 0.6) is 5.75 Å². The maximum atomic E-state index is 14.2. The highest BCUT2D eigenvalue weighted by atomic mass is 35.5. The van der Waals surface area contributed by atoms with Gasteiger partial charge in [-0.1, -0.05) is 85.4 Å². The first kappa shape index (κ1) is 31.2. The van der Waals surface area contributed by atoms with Crippen molar-refractivity contribution in [2.24, 2.45) is 0 Å². The number of methoxy groups -OCH3 is 1. The largest absolute Gasteiger partial charge is 0.496 e. The number of carboxylic acid groups (broad SMARTS) is 1. The predicted molar refractivity (Wildman–Crippen MR) is 166 cm³/mol. The van der Waals surface area contributed by atoms with Crippen LogP contribution >= 0.6 is 23.2 Å². The average molecular weight is 630 g/mol. The van der Waals surface area contributed by atoms with Gasteiger partial charge < -0.3 is 15.2 Å². The van der Waals surface area contributed by atoms with Crippen molar-refractivity contribution in [2.75, 3.05) is 16.7 Å². The number of para-hydroxylation sites is 1. The van der Waals surface area contributed by atoms with Crippen LogP contribution in [0.1, 0.15) is 31.7 Å². The van der Waals surface area contributed by atoms with E-state index in [-0.39, 0.29) is 39.4 Å². The second kappa shape index (κ2) is 13.5. The Morgan fingerprint density at radius 2 is 1.62 bits per heavy atom. The van der Waals surface area contributed by atoms with Gasteiger partial charge in [0.25, 0.3) is 10.0 Å². The van der Waals surface area contributed by atoms with Gasteiger partial charge in [0.1, 0.15) is 11.8 Å². The number of nitrogens with zero attached hydrogens (tertiary/aromatic N) is 1. The molecule has 0 spiro atoms. The number of fused-ring (bicyclic) bond motifs is 1. The number of amides is 1. The molecule has 4 aromatic rings. The summed E-state index contributed by atoms with van der Waals surface area (Å²) in [7, 11) is -2.93. The first-order chi connectivity index (χ1) is 20.1. The van der Waals surface area contributed by atoms with Crippen LogP contribution in [0.25, 0.3) is 10.8 Å². The highest BCUT2D eigenvalue weighted by Gasteiger charge is 2.37. The molecule has 0 aliphatic carbocycles. The van der Waals surface area contributed by atoms with Crippen molar-refractivity contribution >= 4 is 67.2 Å². The number of sulfonamides is 1. The van der Waals surface area contributed by atoms with Crippen LogP contribution in [0.3, 0.4) is 0 Å². The molecule has 0 saturated heterocycles. The highest BCUT2D eigenvalue weighted by molar-refractivity contribution is 7.93. The summed E-state index contributed by atoms with van der Waals surface area (Å²) in [6, 6.07) is 19.6. The molecule has 1 atom stereocenters. The van der Waals surface area contributed by atoms with Gasteiger partial charge in [0.05, 0.1) is 24.1 Å². The van der Waals surface area contributed by atoms with E-state index in [1.165, 1.54) is 25.3 Å². The number of rotatable bonds is 12. The number of carbonyl (C=O) groups is 2. The molecule has 1 unspecified atom stereocenters. The van der Waals surface area contributed by atoms with Crippen LogP contribution in [0.2, 0.25) is 10.0 Å². The van der Waals surface area contributed by atoms with Gasteiger partial charge in [-0.3, -0.25) is 9.10 Å². The first-order valence-corrected chi connectivity index (χ1v) is 15.4. The first-order valence-electron chi connectivity index (χ1n) is 13.2. The normalized spacial score (nSPS) is 12.1. The molecule has 0 radical (unpaired) electrons. The Bertz CT molecular complexity index is 1710. The molecule has 4 aromatic carbocycles. The minimum atomic E-state index is -4.47. The van der Waals surface area contributed by atoms with Gasteiger partial charge in [-0.25, -0.2) is 13.2 Å². The standard InChI is InChI=1S/C31H30Cl2N2O6S/c1-3-4-13-28(31(37)38)35(42(39,40)23-18-21(32)17-22(33)19-23)27-14-8-10-24-25(27)11-7-12-26(24)34-30(36)16-20-9-5-6-15-29(20)41-2/h5-12,14-15,17-19,28H,3-4,13,16H2,1-2H3,(H,34,36)(H,37,38). The van der Waals surface area contributed by atoms with Gasteiger partial charge >= 0.3 is 5.97 Å². The molecule has 0 aliphatic rings. The molecule has 1 amide bonds. The summed E-state index contributed by atoms with van der Waals surface area (Å²) in [5.74, 6) is -1.01. The maximum absolute atomic E-state index is 14.2. The third-order valence-corrected chi connectivity index (χ3v) is 8.98. The molecule has 220 valence electrons. The third kappa shape index (κ3) is 6.81. The van der Waals surface area contributed by atoms with Crippen molar-refractivity contribution in [1.29, 1.82) is 0 Å². The summed E-state index contributed by atoms with van der Waals surface area (Å²) in [5.41, 5.74) is 1.29. The number of hydrogen-bond acceptors (Lipinski definition) is 5. The molecule has 0 fully saturated rings. The lowest BCUT2D eigenvalue weighted by atomic mass is 10.0. The summed E-state index contributed by atoms with van der Waals surface area (Å²) in [5, 5.41) is 14.3. The Labute approximate surface area is 254 Å². The Morgan fingerprint density at radius 1 is 0.952 bits per heavy atom. The van der Waals surface area contributed by atoms with Crippen LogP contribution in [-0.2, 0) is 26.0 Å². The monoisotopic (exact) mass is 628 g/mol. The summed E-state index contributed by atoms with van der Waals surface area (Å²) in [6.07, 6.45) is 1.27. The lowest BCUT2D eigenvalue weighted by molar-refractivity contribution is -0.138. The van der Waals surface area contributed by atoms with Gasteiger partial charge in [-0.2, -0.15) is 0 Å². The Morgan fingerprint density at radius 3 is 2.29 bits per heavy atom. The van der Waals surface area contributed by atoms with E-state index in [1.54, 1.807) is 48.5 Å². The summed E-state index contributed by atoms with van der Waals surface area (Å²) >= 11 is 12.3. The third-order valence-electron chi connectivity index (χ3n) is 6.75. The van der Waals surface area contributed by atoms with E-state index in [4.69, 9.17) is 27.9 Å². The zero-order chi connectivity index (χ0) is 30.4. The number of ether oxygens (including phenoxy) is 1. The molecular formula is C31H30Cl2N2O6S. The smallest absolute Gasteiger partial charge is 0.327 e. The summed E-state index contributed by atoms with van der Waals surface area (Å²) in [4.78, 5) is 25.4. The van der Waals surface area contributed by atoms with Crippen molar-refractivity contribution in [3.05, 3.63) is 94.5 Å². The second-order valence-corrected chi connectivity index (χ2v) is 12.3. The van der Waals surface area contributed by atoms with E-state index in [1.807, 2.05) is 19.1 Å². The quantitative estimate of drug-likeness (QED) is 0.172. The molecule has 0 heterocycles. The van der Waals surface area contributed by atoms with Crippen LogP contribution in [0.15, 0.2) is 83.8 Å². The van der Waals surface area contributed by atoms with Crippen LogP contribution < -0.4 is 14.4 Å². The number of hydrogen-bond donors (Lipinski definition) is 2. The highest BCUT2D eigenvalue weighted by Crippen LogP contribution is 2.37. The van der Waals surface area contributed by atoms with Gasteiger partial charge in [0, 0.05) is 32.1 Å². The lowest BCUT2D eigenvalue weighted by Crippen LogP contribution is -2.45. The number of unbranched alkanes of at least 4 members (excludes halogenated alkanes) is 1. The van der Waals surface area contributed by atoms with Crippen molar-refractivity contribution in [3.63, 3.8) is 0 Å². The van der Waals surface area contributed by atoms with Crippen molar-refractivity contribution < 1.29 is 27.9 Å². The van der Waals surface area contributed by atoms with E-state index >= 15 is 0 Å². The van der Waals surface area contributed by atoms with E-state index in [2.05, 4.69) is 5.32 Å². The topological polar surface area (TPSA) is 113 Å². The second-order valence-electron chi connectivity index (χ2n) is 9.62. The number of benzene rings is 4. The van der Waals surface area contributed by atoms with Crippen molar-refractivity contribution in [1.82, 2.24) is 0 Å². The minimum absolute atomic E-state index is 0.0498.